The maximum absolute atomic E-state index is 11.4. The lowest BCUT2D eigenvalue weighted by Crippen LogP contribution is -2.24. The monoisotopic (exact) mass is 259 g/mol. The molecule has 2 aromatic rings. The van der Waals surface area contributed by atoms with Crippen LogP contribution in [0.2, 0.25) is 0 Å². The molecule has 0 radical (unpaired) electrons. The van der Waals surface area contributed by atoms with E-state index in [4.69, 9.17) is 10.2 Å². The Morgan fingerprint density at radius 1 is 1.42 bits per heavy atom. The molecule has 2 unspecified atom stereocenters. The predicted molar refractivity (Wildman–Crippen MR) is 72.3 cm³/mol. The number of aryl methyl sites for hydroxylation is 1. The average molecular weight is 259 g/mol. The van der Waals surface area contributed by atoms with Gasteiger partial charge in [-0.2, -0.15) is 5.26 Å². The highest BCUT2D eigenvalue weighted by Gasteiger charge is 2.23. The third-order valence-corrected chi connectivity index (χ3v) is 3.45. The molecule has 0 fully saturated rings. The Morgan fingerprint density at radius 2 is 2.11 bits per heavy atom. The Balaban J connectivity index is 2.49. The van der Waals surface area contributed by atoms with Gasteiger partial charge < -0.3 is 10.2 Å². The zero-order valence-corrected chi connectivity index (χ0v) is 11.3. The van der Waals surface area contributed by atoms with Gasteiger partial charge in [0.2, 0.25) is 0 Å². The van der Waals surface area contributed by atoms with E-state index in [2.05, 4.69) is 6.07 Å². The quantitative estimate of drug-likeness (QED) is 0.912. The number of nitriles is 1. The number of oxazole rings is 1. The summed E-state index contributed by atoms with van der Waals surface area (Å²) in [6.45, 7) is 3.94. The molecule has 2 N–H and O–H groups in total. The Bertz CT molecular complexity index is 691. The number of benzene rings is 1. The van der Waals surface area contributed by atoms with E-state index < -0.39 is 5.76 Å². The molecular formula is C14H17N3O2. The lowest BCUT2D eigenvalue weighted by atomic mass is 9.86. The van der Waals surface area contributed by atoms with E-state index in [0.717, 1.165) is 5.56 Å². The zero-order chi connectivity index (χ0) is 14.2. The molecular weight excluding hydrogens is 242 g/mol. The van der Waals surface area contributed by atoms with Crippen molar-refractivity contribution in [1.29, 1.82) is 5.26 Å². The van der Waals surface area contributed by atoms with Crippen LogP contribution in [-0.4, -0.2) is 4.57 Å². The summed E-state index contributed by atoms with van der Waals surface area (Å²) >= 11 is 0. The summed E-state index contributed by atoms with van der Waals surface area (Å²) < 4.78 is 6.50. The number of rotatable bonds is 3. The average Bonchev–Trinajstić information content (AvgIpc) is 2.65. The van der Waals surface area contributed by atoms with Gasteiger partial charge >= 0.3 is 5.76 Å². The van der Waals surface area contributed by atoms with Crippen LogP contribution in [0.15, 0.2) is 27.4 Å². The second kappa shape index (κ2) is 4.90. The molecule has 2 rings (SSSR count). The number of nitrogens with zero attached hydrogens (tertiary/aromatic N) is 2. The third-order valence-electron chi connectivity index (χ3n) is 3.45. The minimum Gasteiger partial charge on any atom is -0.408 e. The van der Waals surface area contributed by atoms with E-state index in [1.807, 2.05) is 26.0 Å². The molecule has 19 heavy (non-hydrogen) atoms. The van der Waals surface area contributed by atoms with E-state index in [1.165, 1.54) is 4.57 Å². The number of fused-ring (bicyclic) bond motifs is 1. The molecule has 5 nitrogen and oxygen atoms in total. The smallest absolute Gasteiger partial charge is 0.408 e. The van der Waals surface area contributed by atoms with Crippen molar-refractivity contribution in [3.63, 3.8) is 0 Å². The number of hydrogen-bond acceptors (Lipinski definition) is 4. The maximum Gasteiger partial charge on any atom is 0.419 e. The van der Waals surface area contributed by atoms with Gasteiger partial charge in [0.15, 0.2) is 5.58 Å². The van der Waals surface area contributed by atoms with Gasteiger partial charge in [0, 0.05) is 13.1 Å². The molecule has 0 saturated heterocycles. The van der Waals surface area contributed by atoms with E-state index >= 15 is 0 Å². The molecule has 1 heterocycles. The minimum atomic E-state index is -0.401. The maximum atomic E-state index is 11.4. The molecule has 0 amide bonds. The fourth-order valence-electron chi connectivity index (χ4n) is 2.20. The second-order valence-electron chi connectivity index (χ2n) is 5.08. The Hall–Kier alpha value is -2.06. The van der Waals surface area contributed by atoms with Gasteiger partial charge in [-0.15, -0.1) is 0 Å². The van der Waals surface area contributed by atoms with Crippen LogP contribution in [0.4, 0.5) is 0 Å². The van der Waals surface area contributed by atoms with Crippen molar-refractivity contribution in [3.8, 4) is 6.07 Å². The van der Waals surface area contributed by atoms with Crippen molar-refractivity contribution in [1.82, 2.24) is 4.57 Å². The molecule has 1 aromatic carbocycles. The zero-order valence-electron chi connectivity index (χ0n) is 11.3. The SMILES string of the molecule is CC(C)C(C#N)C(N)c1ccc2oc(=O)n(C)c2c1. The minimum absolute atomic E-state index is 0.170. The van der Waals surface area contributed by atoms with Crippen molar-refractivity contribution >= 4 is 11.1 Å². The topological polar surface area (TPSA) is 85.0 Å². The first-order valence-electron chi connectivity index (χ1n) is 6.20. The standard InChI is InChI=1S/C14H17N3O2/c1-8(2)10(7-15)13(16)9-4-5-12-11(6-9)17(3)14(18)19-12/h4-6,8,10,13H,16H2,1-3H3. The van der Waals surface area contributed by atoms with Gasteiger partial charge in [-0.25, -0.2) is 4.79 Å². The van der Waals surface area contributed by atoms with E-state index in [1.54, 1.807) is 13.1 Å². The van der Waals surface area contributed by atoms with Gasteiger partial charge in [-0.1, -0.05) is 19.9 Å². The van der Waals surface area contributed by atoms with E-state index in [0.29, 0.717) is 11.1 Å². The molecule has 5 heteroatoms. The van der Waals surface area contributed by atoms with Crippen LogP contribution >= 0.6 is 0 Å². The van der Waals surface area contributed by atoms with Crippen LogP contribution in [0.3, 0.4) is 0 Å². The van der Waals surface area contributed by atoms with Crippen LogP contribution in [0, 0.1) is 23.2 Å². The summed E-state index contributed by atoms with van der Waals surface area (Å²) in [7, 11) is 1.65. The summed E-state index contributed by atoms with van der Waals surface area (Å²) in [5, 5.41) is 9.20. The lowest BCUT2D eigenvalue weighted by molar-refractivity contribution is 0.404. The van der Waals surface area contributed by atoms with Crippen LogP contribution in [0.5, 0.6) is 0 Å². The summed E-state index contributed by atoms with van der Waals surface area (Å²) in [5.74, 6) is -0.494. The first-order valence-corrected chi connectivity index (χ1v) is 6.20. The molecule has 1 aromatic heterocycles. The van der Waals surface area contributed by atoms with Gasteiger partial charge in [-0.05, 0) is 23.6 Å². The number of nitrogens with two attached hydrogens (primary N) is 1. The first kappa shape index (κ1) is 13.4. The molecule has 0 aliphatic heterocycles. The third kappa shape index (κ3) is 2.27. The van der Waals surface area contributed by atoms with Crippen LogP contribution < -0.4 is 11.5 Å². The van der Waals surface area contributed by atoms with Gasteiger partial charge in [-0.3, -0.25) is 4.57 Å². The van der Waals surface area contributed by atoms with Crippen LogP contribution in [0.1, 0.15) is 25.5 Å². The normalized spacial score (nSPS) is 14.5. The summed E-state index contributed by atoms with van der Waals surface area (Å²) in [5.41, 5.74) is 8.22. The molecule has 2 atom stereocenters. The highest BCUT2D eigenvalue weighted by Crippen LogP contribution is 2.27. The summed E-state index contributed by atoms with van der Waals surface area (Å²) in [6.07, 6.45) is 0. The molecule has 0 aliphatic carbocycles. The molecule has 0 saturated carbocycles. The van der Waals surface area contributed by atoms with E-state index in [9.17, 15) is 10.1 Å². The molecule has 0 spiro atoms. The molecule has 0 aliphatic rings. The summed E-state index contributed by atoms with van der Waals surface area (Å²) in [4.78, 5) is 11.4. The first-order chi connectivity index (χ1) is 8.95. The van der Waals surface area contributed by atoms with Crippen molar-refractivity contribution in [2.45, 2.75) is 19.9 Å². The van der Waals surface area contributed by atoms with Gasteiger partial charge in [0.05, 0.1) is 17.5 Å². The predicted octanol–water partition coefficient (Wildman–Crippen LogP) is 1.93. The largest absolute Gasteiger partial charge is 0.419 e. The lowest BCUT2D eigenvalue weighted by Gasteiger charge is -2.21. The van der Waals surface area contributed by atoms with Crippen molar-refractivity contribution in [2.75, 3.05) is 0 Å². The van der Waals surface area contributed by atoms with Crippen molar-refractivity contribution in [2.24, 2.45) is 24.6 Å². The summed E-state index contributed by atoms with van der Waals surface area (Å²) in [6, 6.07) is 7.22. The fraction of sp³-hybridized carbons (Fsp3) is 0.429. The Morgan fingerprint density at radius 3 is 2.68 bits per heavy atom. The van der Waals surface area contributed by atoms with Crippen LogP contribution in [-0.2, 0) is 7.05 Å². The Labute approximate surface area is 111 Å². The number of hydrogen-bond donors (Lipinski definition) is 1. The van der Waals surface area contributed by atoms with Gasteiger partial charge in [0.1, 0.15) is 0 Å². The van der Waals surface area contributed by atoms with Crippen LogP contribution in [0.25, 0.3) is 11.1 Å². The molecule has 100 valence electrons. The Kier molecular flexibility index (Phi) is 3.45. The van der Waals surface area contributed by atoms with Gasteiger partial charge in [0.25, 0.3) is 0 Å². The fourth-order valence-corrected chi connectivity index (χ4v) is 2.20. The second-order valence-corrected chi connectivity index (χ2v) is 5.08. The number of aromatic nitrogens is 1. The van der Waals surface area contributed by atoms with E-state index in [-0.39, 0.29) is 17.9 Å². The van der Waals surface area contributed by atoms with Crippen molar-refractivity contribution in [3.05, 3.63) is 34.3 Å². The highest BCUT2D eigenvalue weighted by atomic mass is 16.4. The molecule has 0 bridgehead atoms. The highest BCUT2D eigenvalue weighted by molar-refractivity contribution is 5.73. The van der Waals surface area contributed by atoms with Crippen molar-refractivity contribution < 1.29 is 4.42 Å².